The zero-order valence-electron chi connectivity index (χ0n) is 12.6. The van der Waals surface area contributed by atoms with Crippen LogP contribution in [0.5, 0.6) is 0 Å². The Morgan fingerprint density at radius 2 is 2.14 bits per heavy atom. The lowest BCUT2D eigenvalue weighted by Gasteiger charge is -2.18. The van der Waals surface area contributed by atoms with Crippen LogP contribution in [0.3, 0.4) is 0 Å². The van der Waals surface area contributed by atoms with Crippen molar-refractivity contribution >= 4 is 29.1 Å². The van der Waals surface area contributed by atoms with E-state index in [4.69, 9.17) is 16.7 Å². The van der Waals surface area contributed by atoms with Crippen molar-refractivity contribution in [3.63, 3.8) is 0 Å². The normalized spacial score (nSPS) is 19.3. The van der Waals surface area contributed by atoms with Crippen molar-refractivity contribution in [1.82, 2.24) is 5.32 Å². The number of amides is 2. The Morgan fingerprint density at radius 3 is 2.77 bits per heavy atom. The molecule has 1 heterocycles. The number of carbonyl (C=O) groups excluding carboxylic acids is 2. The molecule has 1 aromatic rings. The van der Waals surface area contributed by atoms with Gasteiger partial charge in [0.1, 0.15) is 0 Å². The monoisotopic (exact) mass is 324 g/mol. The average Bonchev–Trinajstić information content (AvgIpc) is 2.88. The molecule has 2 atom stereocenters. The van der Waals surface area contributed by atoms with Gasteiger partial charge in [0, 0.05) is 36.3 Å². The van der Waals surface area contributed by atoms with Gasteiger partial charge in [-0.05, 0) is 44.0 Å². The predicted octanol–water partition coefficient (Wildman–Crippen LogP) is 1.97. The molecule has 22 heavy (non-hydrogen) atoms. The Kier molecular flexibility index (Phi) is 5.80. The summed E-state index contributed by atoms with van der Waals surface area (Å²) >= 11 is 5.85. The molecule has 2 unspecified atom stereocenters. The van der Waals surface area contributed by atoms with Crippen LogP contribution >= 0.6 is 11.6 Å². The third kappa shape index (κ3) is 4.21. The van der Waals surface area contributed by atoms with E-state index in [9.17, 15) is 9.59 Å². The van der Waals surface area contributed by atoms with Gasteiger partial charge in [-0.3, -0.25) is 9.59 Å². The first-order chi connectivity index (χ1) is 10.5. The molecule has 1 fully saturated rings. The lowest BCUT2D eigenvalue weighted by atomic mass is 10.1. The number of anilines is 1. The van der Waals surface area contributed by atoms with Gasteiger partial charge < -0.3 is 15.3 Å². The highest BCUT2D eigenvalue weighted by Crippen LogP contribution is 2.26. The van der Waals surface area contributed by atoms with Gasteiger partial charge in [-0.15, -0.1) is 0 Å². The molecule has 120 valence electrons. The highest BCUT2D eigenvalue weighted by Gasteiger charge is 2.35. The summed E-state index contributed by atoms with van der Waals surface area (Å²) < 4.78 is 0. The summed E-state index contributed by atoms with van der Waals surface area (Å²) in [7, 11) is 0. The number of carbonyl (C=O) groups is 2. The number of rotatable bonds is 6. The van der Waals surface area contributed by atoms with Crippen LogP contribution in [0.15, 0.2) is 24.3 Å². The van der Waals surface area contributed by atoms with Gasteiger partial charge in [-0.2, -0.15) is 0 Å². The van der Waals surface area contributed by atoms with Crippen LogP contribution < -0.4 is 10.2 Å². The average molecular weight is 325 g/mol. The number of hydrogen-bond donors (Lipinski definition) is 2. The predicted molar refractivity (Wildman–Crippen MR) is 85.8 cm³/mol. The van der Waals surface area contributed by atoms with Crippen molar-refractivity contribution < 1.29 is 14.7 Å². The third-order valence-corrected chi connectivity index (χ3v) is 4.07. The van der Waals surface area contributed by atoms with Gasteiger partial charge in [0.15, 0.2) is 0 Å². The molecule has 1 aromatic carbocycles. The number of nitrogens with zero attached hydrogens (tertiary/aromatic N) is 1. The molecule has 1 aliphatic rings. The third-order valence-electron chi connectivity index (χ3n) is 3.82. The zero-order chi connectivity index (χ0) is 16.1. The van der Waals surface area contributed by atoms with E-state index in [0.29, 0.717) is 18.0 Å². The fraction of sp³-hybridized carbons (Fsp3) is 0.500. The van der Waals surface area contributed by atoms with Crippen LogP contribution in [0.1, 0.15) is 26.2 Å². The van der Waals surface area contributed by atoms with Crippen molar-refractivity contribution in [2.45, 2.75) is 32.2 Å². The Bertz CT molecular complexity index is 533. The van der Waals surface area contributed by atoms with E-state index >= 15 is 0 Å². The number of aliphatic hydroxyl groups excluding tert-OH is 1. The highest BCUT2D eigenvalue weighted by molar-refractivity contribution is 6.30. The Balaban J connectivity index is 1.94. The van der Waals surface area contributed by atoms with E-state index in [0.717, 1.165) is 12.1 Å². The summed E-state index contributed by atoms with van der Waals surface area (Å²) in [5, 5.41) is 12.3. The number of nitrogens with one attached hydrogen (secondary N) is 1. The van der Waals surface area contributed by atoms with Gasteiger partial charge in [0.05, 0.1) is 5.92 Å². The van der Waals surface area contributed by atoms with Crippen LogP contribution in [0.4, 0.5) is 5.69 Å². The number of benzene rings is 1. The van der Waals surface area contributed by atoms with Crippen LogP contribution in [0, 0.1) is 5.92 Å². The number of halogens is 1. The smallest absolute Gasteiger partial charge is 0.227 e. The number of hydrogen-bond acceptors (Lipinski definition) is 3. The minimum absolute atomic E-state index is 0.000617. The summed E-state index contributed by atoms with van der Waals surface area (Å²) in [5.74, 6) is -0.486. The quantitative estimate of drug-likeness (QED) is 0.840. The number of aliphatic hydroxyl groups is 1. The first-order valence-electron chi connectivity index (χ1n) is 7.48. The second-order valence-electron chi connectivity index (χ2n) is 5.66. The molecule has 5 nitrogen and oxygen atoms in total. The maximum atomic E-state index is 12.2. The van der Waals surface area contributed by atoms with Gasteiger partial charge in [-0.1, -0.05) is 11.6 Å². The largest absolute Gasteiger partial charge is 0.396 e. The van der Waals surface area contributed by atoms with Crippen LogP contribution in [0.2, 0.25) is 5.02 Å². The molecule has 2 rings (SSSR count). The van der Waals surface area contributed by atoms with E-state index in [1.165, 1.54) is 0 Å². The molecule has 0 aliphatic carbocycles. The standard InChI is InChI=1S/C16H21ClN2O3/c1-11(3-2-8-20)18-16(22)12-9-15(21)19(10-12)14-6-4-13(17)5-7-14/h4-7,11-12,20H,2-3,8-10H2,1H3,(H,18,22). The van der Waals surface area contributed by atoms with Crippen molar-refractivity contribution in [2.24, 2.45) is 5.92 Å². The lowest BCUT2D eigenvalue weighted by Crippen LogP contribution is -2.38. The molecule has 2 N–H and O–H groups in total. The van der Waals surface area contributed by atoms with Gasteiger partial charge >= 0.3 is 0 Å². The minimum Gasteiger partial charge on any atom is -0.396 e. The summed E-state index contributed by atoms with van der Waals surface area (Å²) in [4.78, 5) is 26.0. The van der Waals surface area contributed by atoms with Crippen LogP contribution in [-0.4, -0.2) is 36.1 Å². The molecule has 0 aromatic heterocycles. The second-order valence-corrected chi connectivity index (χ2v) is 6.09. The molecule has 1 saturated heterocycles. The van der Waals surface area contributed by atoms with Gasteiger partial charge in [0.2, 0.25) is 11.8 Å². The fourth-order valence-corrected chi connectivity index (χ4v) is 2.71. The molecule has 0 saturated carbocycles. The maximum absolute atomic E-state index is 12.2. The van der Waals surface area contributed by atoms with Crippen molar-refractivity contribution in [3.8, 4) is 0 Å². The molecule has 1 aliphatic heterocycles. The van der Waals surface area contributed by atoms with Crippen molar-refractivity contribution in [2.75, 3.05) is 18.1 Å². The molecule has 2 amide bonds. The Morgan fingerprint density at radius 1 is 1.45 bits per heavy atom. The second kappa shape index (κ2) is 7.61. The van der Waals surface area contributed by atoms with E-state index in [1.54, 1.807) is 29.2 Å². The van der Waals surface area contributed by atoms with E-state index in [1.807, 2.05) is 6.92 Å². The van der Waals surface area contributed by atoms with Crippen LogP contribution in [0.25, 0.3) is 0 Å². The van der Waals surface area contributed by atoms with Gasteiger partial charge in [-0.25, -0.2) is 0 Å². The summed E-state index contributed by atoms with van der Waals surface area (Å²) in [6, 6.07) is 7.03. The van der Waals surface area contributed by atoms with Gasteiger partial charge in [0.25, 0.3) is 0 Å². The first kappa shape index (κ1) is 16.8. The molecular formula is C16H21ClN2O3. The summed E-state index contributed by atoms with van der Waals surface area (Å²) in [6.45, 7) is 2.41. The topological polar surface area (TPSA) is 69.6 Å². The van der Waals surface area contributed by atoms with Crippen molar-refractivity contribution in [1.29, 1.82) is 0 Å². The Hall–Kier alpha value is -1.59. The fourth-order valence-electron chi connectivity index (χ4n) is 2.58. The maximum Gasteiger partial charge on any atom is 0.227 e. The SMILES string of the molecule is CC(CCCO)NC(=O)C1CC(=O)N(c2ccc(Cl)cc2)C1. The molecule has 0 bridgehead atoms. The minimum atomic E-state index is -0.334. The molecule has 0 spiro atoms. The summed E-state index contributed by atoms with van der Waals surface area (Å²) in [5.41, 5.74) is 0.762. The van der Waals surface area contributed by atoms with E-state index in [-0.39, 0.29) is 36.8 Å². The first-order valence-corrected chi connectivity index (χ1v) is 7.86. The summed E-state index contributed by atoms with van der Waals surface area (Å²) in [6.07, 6.45) is 1.60. The highest BCUT2D eigenvalue weighted by atomic mass is 35.5. The van der Waals surface area contributed by atoms with E-state index in [2.05, 4.69) is 5.32 Å². The van der Waals surface area contributed by atoms with Crippen molar-refractivity contribution in [3.05, 3.63) is 29.3 Å². The molecule has 6 heteroatoms. The van der Waals surface area contributed by atoms with Crippen LogP contribution in [-0.2, 0) is 9.59 Å². The molecule has 0 radical (unpaired) electrons. The zero-order valence-corrected chi connectivity index (χ0v) is 13.3. The lowest BCUT2D eigenvalue weighted by molar-refractivity contribution is -0.126. The molecular weight excluding hydrogens is 304 g/mol. The Labute approximate surface area is 135 Å². The van der Waals surface area contributed by atoms with E-state index < -0.39 is 0 Å².